The van der Waals surface area contributed by atoms with Gasteiger partial charge in [0.2, 0.25) is 8.32 Å². The zero-order valence-corrected chi connectivity index (χ0v) is 13.9. The van der Waals surface area contributed by atoms with E-state index in [-0.39, 0.29) is 5.04 Å². The fourth-order valence-electron chi connectivity index (χ4n) is 1.52. The van der Waals surface area contributed by atoms with Crippen LogP contribution in [0.15, 0.2) is 30.3 Å². The van der Waals surface area contributed by atoms with Gasteiger partial charge in [-0.1, -0.05) is 44.9 Å². The van der Waals surface area contributed by atoms with Gasteiger partial charge in [-0.05, 0) is 37.2 Å². The van der Waals surface area contributed by atoms with Crippen LogP contribution in [0.2, 0.25) is 18.1 Å². The van der Waals surface area contributed by atoms with Gasteiger partial charge in [0.1, 0.15) is 5.76 Å². The summed E-state index contributed by atoms with van der Waals surface area (Å²) in [5, 5.41) is 0.173. The van der Waals surface area contributed by atoms with Crippen LogP contribution in [0.25, 0.3) is 5.76 Å². The van der Waals surface area contributed by atoms with Crippen molar-refractivity contribution < 1.29 is 4.43 Å². The van der Waals surface area contributed by atoms with Crippen molar-refractivity contribution in [3.8, 4) is 12.3 Å². The minimum atomic E-state index is -1.84. The number of benzene rings is 1. The molecule has 0 aliphatic carbocycles. The highest BCUT2D eigenvalue weighted by atomic mass is 28.4. The third-order valence-electron chi connectivity index (χ3n) is 3.78. The molecule has 0 atom stereocenters. The summed E-state index contributed by atoms with van der Waals surface area (Å²) in [6, 6.07) is 7.93. The van der Waals surface area contributed by atoms with E-state index in [0.29, 0.717) is 0 Å². The van der Waals surface area contributed by atoms with Crippen molar-refractivity contribution >= 4 is 14.1 Å². The first kappa shape index (κ1) is 15.6. The summed E-state index contributed by atoms with van der Waals surface area (Å²) >= 11 is 0. The zero-order valence-electron chi connectivity index (χ0n) is 12.9. The minimum absolute atomic E-state index is 0.173. The molecule has 1 rings (SSSR count). The Morgan fingerprint density at radius 2 is 1.84 bits per heavy atom. The van der Waals surface area contributed by atoms with Crippen molar-refractivity contribution in [2.45, 2.75) is 45.8 Å². The SMILES string of the molecule is C#Cc1ccccc1/C(=C/C)O[Si](C)(C)C(C)(C)C. The van der Waals surface area contributed by atoms with Crippen LogP contribution in [-0.2, 0) is 4.43 Å². The molecule has 0 heterocycles. The molecule has 0 amide bonds. The molecule has 0 saturated heterocycles. The molecular weight excluding hydrogens is 248 g/mol. The Hall–Kier alpha value is -1.46. The molecule has 0 aliphatic heterocycles. The van der Waals surface area contributed by atoms with Gasteiger partial charge < -0.3 is 4.43 Å². The van der Waals surface area contributed by atoms with Crippen LogP contribution in [0.4, 0.5) is 0 Å². The number of hydrogen-bond acceptors (Lipinski definition) is 1. The first-order valence-electron chi connectivity index (χ1n) is 6.64. The Kier molecular flexibility index (Phi) is 4.65. The lowest BCUT2D eigenvalue weighted by molar-refractivity contribution is 0.457. The molecule has 0 aromatic heterocycles. The first-order chi connectivity index (χ1) is 8.73. The van der Waals surface area contributed by atoms with Crippen molar-refractivity contribution in [3.63, 3.8) is 0 Å². The Morgan fingerprint density at radius 1 is 1.26 bits per heavy atom. The van der Waals surface area contributed by atoms with Gasteiger partial charge in [-0.25, -0.2) is 0 Å². The highest BCUT2D eigenvalue weighted by molar-refractivity contribution is 6.74. The number of rotatable bonds is 3. The normalized spacial score (nSPS) is 13.0. The van der Waals surface area contributed by atoms with Crippen LogP contribution in [-0.4, -0.2) is 8.32 Å². The lowest BCUT2D eigenvalue weighted by Gasteiger charge is -2.37. The topological polar surface area (TPSA) is 9.23 Å². The maximum absolute atomic E-state index is 6.38. The summed E-state index contributed by atoms with van der Waals surface area (Å²) in [4.78, 5) is 0. The van der Waals surface area contributed by atoms with E-state index in [1.807, 2.05) is 37.3 Å². The molecule has 0 unspecified atom stereocenters. The van der Waals surface area contributed by atoms with Crippen molar-refractivity contribution in [2.75, 3.05) is 0 Å². The monoisotopic (exact) mass is 272 g/mol. The maximum atomic E-state index is 6.38. The van der Waals surface area contributed by atoms with Crippen molar-refractivity contribution in [2.24, 2.45) is 0 Å². The number of allylic oxidation sites excluding steroid dienone is 1. The second kappa shape index (κ2) is 5.67. The summed E-state index contributed by atoms with van der Waals surface area (Å²) < 4.78 is 6.38. The van der Waals surface area contributed by atoms with Crippen LogP contribution < -0.4 is 0 Å². The first-order valence-corrected chi connectivity index (χ1v) is 9.55. The summed E-state index contributed by atoms with van der Waals surface area (Å²) in [6.45, 7) is 13.2. The van der Waals surface area contributed by atoms with E-state index in [1.54, 1.807) is 0 Å². The predicted octanol–water partition coefficient (Wildman–Crippen LogP) is 5.05. The Balaban J connectivity index is 3.15. The lowest BCUT2D eigenvalue weighted by atomic mass is 10.1. The van der Waals surface area contributed by atoms with Crippen molar-refractivity contribution in [1.82, 2.24) is 0 Å². The number of terminal acetylenes is 1. The molecular formula is C17H24OSi. The van der Waals surface area contributed by atoms with E-state index in [2.05, 4.69) is 39.8 Å². The second-order valence-electron chi connectivity index (χ2n) is 6.21. The Bertz CT molecular complexity index is 513. The van der Waals surface area contributed by atoms with Gasteiger partial charge in [0.25, 0.3) is 0 Å². The van der Waals surface area contributed by atoms with Gasteiger partial charge in [0.05, 0.1) is 0 Å². The van der Waals surface area contributed by atoms with Crippen LogP contribution in [0.5, 0.6) is 0 Å². The molecule has 0 radical (unpaired) electrons. The Labute approximate surface area is 118 Å². The van der Waals surface area contributed by atoms with E-state index in [9.17, 15) is 0 Å². The molecule has 1 aromatic carbocycles. The summed E-state index contributed by atoms with van der Waals surface area (Å²) in [5.74, 6) is 3.63. The second-order valence-corrected chi connectivity index (χ2v) is 10.9. The van der Waals surface area contributed by atoms with Crippen LogP contribution in [0.1, 0.15) is 38.8 Å². The summed E-state index contributed by atoms with van der Waals surface area (Å²) in [5.41, 5.74) is 1.90. The Morgan fingerprint density at radius 3 is 2.32 bits per heavy atom. The molecule has 0 bridgehead atoms. The van der Waals surface area contributed by atoms with Crippen LogP contribution in [0, 0.1) is 12.3 Å². The quantitative estimate of drug-likeness (QED) is 0.425. The average Bonchev–Trinajstić information content (AvgIpc) is 2.34. The van der Waals surface area contributed by atoms with Crippen molar-refractivity contribution in [1.29, 1.82) is 0 Å². The molecule has 0 fully saturated rings. The van der Waals surface area contributed by atoms with E-state index < -0.39 is 8.32 Å². The van der Waals surface area contributed by atoms with Gasteiger partial charge in [0.15, 0.2) is 0 Å². The average molecular weight is 272 g/mol. The largest absolute Gasteiger partial charge is 0.543 e. The van der Waals surface area contributed by atoms with Gasteiger partial charge in [-0.15, -0.1) is 6.42 Å². The number of hydrogen-bond donors (Lipinski definition) is 0. The molecule has 19 heavy (non-hydrogen) atoms. The maximum Gasteiger partial charge on any atom is 0.250 e. The van der Waals surface area contributed by atoms with Crippen molar-refractivity contribution in [3.05, 3.63) is 41.5 Å². The van der Waals surface area contributed by atoms with E-state index in [4.69, 9.17) is 10.8 Å². The van der Waals surface area contributed by atoms with E-state index in [0.717, 1.165) is 16.9 Å². The molecule has 1 nitrogen and oxygen atoms in total. The lowest BCUT2D eigenvalue weighted by Crippen LogP contribution is -2.40. The third kappa shape index (κ3) is 3.51. The highest BCUT2D eigenvalue weighted by Crippen LogP contribution is 2.39. The van der Waals surface area contributed by atoms with Crippen LogP contribution in [0.3, 0.4) is 0 Å². The third-order valence-corrected chi connectivity index (χ3v) is 8.12. The van der Waals surface area contributed by atoms with Gasteiger partial charge >= 0.3 is 0 Å². The summed E-state index contributed by atoms with van der Waals surface area (Å²) in [7, 11) is -1.84. The smallest absolute Gasteiger partial charge is 0.250 e. The van der Waals surface area contributed by atoms with Gasteiger partial charge in [-0.2, -0.15) is 0 Å². The molecule has 0 N–H and O–H groups in total. The standard InChI is InChI=1S/C17H24OSi/c1-8-14-12-10-11-13-15(14)16(9-2)18-19(6,7)17(3,4)5/h1,9-13H,2-7H3/b16-9-. The summed E-state index contributed by atoms with van der Waals surface area (Å²) in [6.07, 6.45) is 7.58. The van der Waals surface area contributed by atoms with E-state index in [1.165, 1.54) is 0 Å². The minimum Gasteiger partial charge on any atom is -0.543 e. The molecule has 102 valence electrons. The van der Waals surface area contributed by atoms with Gasteiger partial charge in [-0.3, -0.25) is 0 Å². The van der Waals surface area contributed by atoms with Crippen LogP contribution >= 0.6 is 0 Å². The van der Waals surface area contributed by atoms with E-state index >= 15 is 0 Å². The van der Waals surface area contributed by atoms with Gasteiger partial charge in [0, 0.05) is 11.1 Å². The molecule has 0 aliphatic rings. The molecule has 2 heteroatoms. The zero-order chi connectivity index (χ0) is 14.7. The molecule has 0 spiro atoms. The highest BCUT2D eigenvalue weighted by Gasteiger charge is 2.39. The molecule has 0 saturated carbocycles. The predicted molar refractivity (Wildman–Crippen MR) is 86.3 cm³/mol. The molecule has 1 aromatic rings. The fraction of sp³-hybridized carbons (Fsp3) is 0.412. The fourth-order valence-corrected chi connectivity index (χ4v) is 2.61.